The van der Waals surface area contributed by atoms with Crippen molar-refractivity contribution in [1.29, 1.82) is 0 Å². The molecule has 1 aliphatic rings. The number of rotatable bonds is 4. The Bertz CT molecular complexity index is 485. The molecule has 7 heteroatoms. The first kappa shape index (κ1) is 13.5. The molecule has 0 aromatic carbocycles. The van der Waals surface area contributed by atoms with Gasteiger partial charge in [0.15, 0.2) is 0 Å². The van der Waals surface area contributed by atoms with Gasteiger partial charge >= 0.3 is 0 Å². The summed E-state index contributed by atoms with van der Waals surface area (Å²) in [7, 11) is -3.35. The minimum absolute atomic E-state index is 0.126. The van der Waals surface area contributed by atoms with Crippen LogP contribution in [0.3, 0.4) is 0 Å². The summed E-state index contributed by atoms with van der Waals surface area (Å²) < 4.78 is 27.1. The Hall–Kier alpha value is 0.0500. The van der Waals surface area contributed by atoms with Gasteiger partial charge < -0.3 is 5.11 Å². The first-order valence-corrected chi connectivity index (χ1v) is 8.51. The molecule has 1 saturated heterocycles. The average Bonchev–Trinajstić information content (AvgIpc) is 2.87. The van der Waals surface area contributed by atoms with E-state index >= 15 is 0 Å². The van der Waals surface area contributed by atoms with Crippen LogP contribution in [0.25, 0.3) is 0 Å². The Morgan fingerprint density at radius 1 is 1.59 bits per heavy atom. The number of hydrogen-bond acceptors (Lipinski definition) is 4. The second-order valence-corrected chi connectivity index (χ2v) is 7.99. The predicted molar refractivity (Wildman–Crippen MR) is 70.6 cm³/mol. The predicted octanol–water partition coefficient (Wildman–Crippen LogP) is 1.90. The fourth-order valence-electron chi connectivity index (χ4n) is 2.01. The molecule has 2 rings (SSSR count). The third-order valence-corrected chi connectivity index (χ3v) is 7.46. The van der Waals surface area contributed by atoms with Crippen LogP contribution in [0.1, 0.15) is 12.8 Å². The molecule has 0 saturated carbocycles. The van der Waals surface area contributed by atoms with E-state index in [2.05, 4.69) is 15.9 Å². The largest absolute Gasteiger partial charge is 0.396 e. The molecule has 0 amide bonds. The van der Waals surface area contributed by atoms with Crippen molar-refractivity contribution in [3.05, 3.63) is 15.9 Å². The molecule has 1 aromatic heterocycles. The van der Waals surface area contributed by atoms with Gasteiger partial charge in [0, 0.05) is 24.2 Å². The zero-order valence-corrected chi connectivity index (χ0v) is 12.4. The normalized spacial score (nSPS) is 22.1. The van der Waals surface area contributed by atoms with E-state index in [-0.39, 0.29) is 12.5 Å². The maximum Gasteiger partial charge on any atom is 0.253 e. The van der Waals surface area contributed by atoms with E-state index in [9.17, 15) is 8.42 Å². The highest BCUT2D eigenvalue weighted by molar-refractivity contribution is 9.10. The van der Waals surface area contributed by atoms with Crippen LogP contribution >= 0.6 is 27.3 Å². The third-order valence-electron chi connectivity index (χ3n) is 2.94. The molecule has 0 spiro atoms. The molecule has 17 heavy (non-hydrogen) atoms. The van der Waals surface area contributed by atoms with E-state index in [1.807, 2.05) is 0 Å². The standard InChI is InChI=1S/C10H14BrNO3S2/c11-9-3-6-16-10(9)17(14,15)12-4-1-8(7-12)2-5-13/h3,6,8,13H,1-2,4-5,7H2. The van der Waals surface area contributed by atoms with Crippen molar-refractivity contribution in [2.45, 2.75) is 17.1 Å². The summed E-state index contributed by atoms with van der Waals surface area (Å²) in [5.41, 5.74) is 0. The fourth-order valence-corrected chi connectivity index (χ4v) is 6.00. The number of halogens is 1. The highest BCUT2D eigenvalue weighted by atomic mass is 79.9. The summed E-state index contributed by atoms with van der Waals surface area (Å²) >= 11 is 4.49. The van der Waals surface area contributed by atoms with Crippen LogP contribution in [0.5, 0.6) is 0 Å². The summed E-state index contributed by atoms with van der Waals surface area (Å²) in [5, 5.41) is 10.6. The van der Waals surface area contributed by atoms with Crippen molar-refractivity contribution in [3.8, 4) is 0 Å². The fraction of sp³-hybridized carbons (Fsp3) is 0.600. The molecule has 96 valence electrons. The van der Waals surface area contributed by atoms with Gasteiger partial charge in [-0.3, -0.25) is 0 Å². The van der Waals surface area contributed by atoms with Gasteiger partial charge in [-0.2, -0.15) is 4.31 Å². The van der Waals surface area contributed by atoms with Gasteiger partial charge in [-0.1, -0.05) is 0 Å². The summed E-state index contributed by atoms with van der Waals surface area (Å²) in [6.45, 7) is 1.20. The van der Waals surface area contributed by atoms with Crippen molar-refractivity contribution in [2.24, 2.45) is 5.92 Å². The lowest BCUT2D eigenvalue weighted by Crippen LogP contribution is -2.28. The molecule has 1 aromatic rings. The van der Waals surface area contributed by atoms with Crippen LogP contribution in [0.2, 0.25) is 0 Å². The van der Waals surface area contributed by atoms with E-state index in [4.69, 9.17) is 5.11 Å². The number of aliphatic hydroxyl groups is 1. The van der Waals surface area contributed by atoms with Crippen LogP contribution in [-0.2, 0) is 10.0 Å². The number of aliphatic hydroxyl groups excluding tert-OH is 1. The zero-order valence-electron chi connectivity index (χ0n) is 9.17. The highest BCUT2D eigenvalue weighted by Gasteiger charge is 2.33. The Morgan fingerprint density at radius 2 is 2.35 bits per heavy atom. The summed E-state index contributed by atoms with van der Waals surface area (Å²) in [6, 6.07) is 1.75. The summed E-state index contributed by atoms with van der Waals surface area (Å²) in [5.74, 6) is 0.286. The summed E-state index contributed by atoms with van der Waals surface area (Å²) in [6.07, 6.45) is 1.51. The maximum atomic E-state index is 12.3. The van der Waals surface area contributed by atoms with Gasteiger partial charge in [-0.05, 0) is 46.1 Å². The molecule has 0 aliphatic carbocycles. The van der Waals surface area contributed by atoms with E-state index in [0.29, 0.717) is 28.2 Å². The van der Waals surface area contributed by atoms with E-state index in [0.717, 1.165) is 6.42 Å². The van der Waals surface area contributed by atoms with Crippen molar-refractivity contribution in [3.63, 3.8) is 0 Å². The number of hydrogen-bond donors (Lipinski definition) is 1. The van der Waals surface area contributed by atoms with Crippen molar-refractivity contribution in [1.82, 2.24) is 4.31 Å². The lowest BCUT2D eigenvalue weighted by atomic mass is 10.1. The first-order chi connectivity index (χ1) is 8.05. The van der Waals surface area contributed by atoms with Crippen molar-refractivity contribution < 1.29 is 13.5 Å². The molecule has 0 bridgehead atoms. The first-order valence-electron chi connectivity index (χ1n) is 5.39. The lowest BCUT2D eigenvalue weighted by Gasteiger charge is -2.15. The smallest absolute Gasteiger partial charge is 0.253 e. The minimum Gasteiger partial charge on any atom is -0.396 e. The number of nitrogens with zero attached hydrogens (tertiary/aromatic N) is 1. The minimum atomic E-state index is -3.35. The number of thiophene rings is 1. The quantitative estimate of drug-likeness (QED) is 0.911. The third kappa shape index (κ3) is 2.73. The van der Waals surface area contributed by atoms with Gasteiger partial charge in [0.25, 0.3) is 10.0 Å². The molecule has 0 radical (unpaired) electrons. The van der Waals surface area contributed by atoms with Crippen LogP contribution in [0.15, 0.2) is 20.1 Å². The van der Waals surface area contributed by atoms with Crippen LogP contribution < -0.4 is 0 Å². The lowest BCUT2D eigenvalue weighted by molar-refractivity contribution is 0.260. The van der Waals surface area contributed by atoms with Crippen LogP contribution in [0, 0.1) is 5.92 Å². The van der Waals surface area contributed by atoms with Gasteiger partial charge in [0.2, 0.25) is 0 Å². The van der Waals surface area contributed by atoms with Crippen molar-refractivity contribution >= 4 is 37.3 Å². The average molecular weight is 340 g/mol. The SMILES string of the molecule is O=S(=O)(c1sccc1Br)N1CCC(CCO)C1. The van der Waals surface area contributed by atoms with Crippen LogP contribution in [-0.4, -0.2) is 37.5 Å². The molecule has 2 heterocycles. The molecule has 1 fully saturated rings. The molecule has 1 atom stereocenters. The highest BCUT2D eigenvalue weighted by Crippen LogP contribution is 2.33. The zero-order chi connectivity index (χ0) is 12.5. The topological polar surface area (TPSA) is 57.6 Å². The Balaban J connectivity index is 2.16. The molecule has 1 aliphatic heterocycles. The van der Waals surface area contributed by atoms with E-state index in [1.54, 1.807) is 11.4 Å². The van der Waals surface area contributed by atoms with E-state index < -0.39 is 10.0 Å². The van der Waals surface area contributed by atoms with Gasteiger partial charge in [0.1, 0.15) is 4.21 Å². The van der Waals surface area contributed by atoms with Crippen molar-refractivity contribution in [2.75, 3.05) is 19.7 Å². The van der Waals surface area contributed by atoms with E-state index in [1.165, 1.54) is 15.6 Å². The second-order valence-electron chi connectivity index (χ2n) is 4.09. The molecular weight excluding hydrogens is 326 g/mol. The summed E-state index contributed by atoms with van der Waals surface area (Å²) in [4.78, 5) is 0. The van der Waals surface area contributed by atoms with Gasteiger partial charge in [-0.25, -0.2) is 8.42 Å². The number of sulfonamides is 1. The maximum absolute atomic E-state index is 12.3. The van der Waals surface area contributed by atoms with Gasteiger partial charge in [-0.15, -0.1) is 11.3 Å². The Morgan fingerprint density at radius 3 is 2.94 bits per heavy atom. The Kier molecular flexibility index (Phi) is 4.25. The molecular formula is C10H14BrNO3S2. The second kappa shape index (κ2) is 5.36. The van der Waals surface area contributed by atoms with Gasteiger partial charge in [0.05, 0.1) is 0 Å². The monoisotopic (exact) mass is 339 g/mol. The molecule has 1 unspecified atom stereocenters. The molecule has 1 N–H and O–H groups in total. The van der Waals surface area contributed by atoms with Crippen LogP contribution in [0.4, 0.5) is 0 Å². The molecule has 4 nitrogen and oxygen atoms in total. The Labute approximate surface area is 113 Å².